The summed E-state index contributed by atoms with van der Waals surface area (Å²) in [5, 5.41) is 17.6. The number of benzene rings is 1. The van der Waals surface area contributed by atoms with Crippen molar-refractivity contribution in [1.29, 1.82) is 0 Å². The van der Waals surface area contributed by atoms with Crippen molar-refractivity contribution >= 4 is 34.3 Å². The minimum absolute atomic E-state index is 0.00606. The Bertz CT molecular complexity index is 882. The van der Waals surface area contributed by atoms with Gasteiger partial charge in [0, 0.05) is 0 Å². The van der Waals surface area contributed by atoms with Gasteiger partial charge in [0.05, 0.1) is 23.9 Å². The van der Waals surface area contributed by atoms with E-state index >= 15 is 0 Å². The Hall–Kier alpha value is -2.81. The fraction of sp³-hybridized carbons (Fsp3) is 0.200. The van der Waals surface area contributed by atoms with E-state index in [0.29, 0.717) is 16.5 Å². The maximum Gasteiger partial charge on any atom is 0.345 e. The number of hydrogen-bond acceptors (Lipinski definition) is 7. The molecule has 0 amide bonds. The number of aliphatic hydroxyl groups excluding tert-OH is 1. The Morgan fingerprint density at radius 1 is 1.33 bits per heavy atom. The van der Waals surface area contributed by atoms with Crippen LogP contribution in [0.25, 0.3) is 16.6 Å². The van der Waals surface area contributed by atoms with Crippen LogP contribution in [0.15, 0.2) is 35.2 Å². The van der Waals surface area contributed by atoms with Crippen LogP contribution >= 0.6 is 11.8 Å². The van der Waals surface area contributed by atoms with Gasteiger partial charge in [0.1, 0.15) is 23.0 Å². The van der Waals surface area contributed by atoms with Crippen molar-refractivity contribution in [1.82, 2.24) is 25.1 Å². The van der Waals surface area contributed by atoms with Gasteiger partial charge >= 0.3 is 5.97 Å². The van der Waals surface area contributed by atoms with Gasteiger partial charge in [-0.1, -0.05) is 23.9 Å². The molecule has 0 unspecified atom stereocenters. The number of nitrogens with one attached hydrogen (secondary N) is 2. The molecule has 0 aliphatic carbocycles. The topological polar surface area (TPSA) is 117 Å². The lowest BCUT2D eigenvalue weighted by Crippen LogP contribution is -2.09. The highest BCUT2D eigenvalue weighted by Crippen LogP contribution is 2.24. The van der Waals surface area contributed by atoms with Gasteiger partial charge in [0.15, 0.2) is 0 Å². The van der Waals surface area contributed by atoms with Crippen molar-refractivity contribution in [3.8, 4) is 0 Å². The molecule has 0 aliphatic heterocycles. The second kappa shape index (κ2) is 6.75. The number of rotatable bonds is 5. The molecule has 0 saturated carbocycles. The third kappa shape index (κ3) is 3.25. The Labute approximate surface area is 141 Å². The number of nitrogens with zero attached hydrogens (tertiary/aromatic N) is 3. The van der Waals surface area contributed by atoms with Crippen molar-refractivity contribution < 1.29 is 14.6 Å². The van der Waals surface area contributed by atoms with Gasteiger partial charge in [-0.25, -0.2) is 14.8 Å². The molecule has 2 aromatic heterocycles. The summed E-state index contributed by atoms with van der Waals surface area (Å²) in [5.41, 5.74) is 1.45. The summed E-state index contributed by atoms with van der Waals surface area (Å²) < 4.78 is 4.78. The van der Waals surface area contributed by atoms with E-state index in [0.717, 1.165) is 5.52 Å². The molecule has 0 spiro atoms. The second-order valence-electron chi connectivity index (χ2n) is 4.91. The molecule has 0 bridgehead atoms. The fourth-order valence-electron chi connectivity index (χ4n) is 2.12. The molecular weight excluding hydrogens is 330 g/mol. The minimum Gasteiger partial charge on any atom is -0.510 e. The number of aromatic nitrogens is 5. The molecule has 0 aliphatic rings. The van der Waals surface area contributed by atoms with Gasteiger partial charge in [-0.15, -0.1) is 5.10 Å². The zero-order valence-electron chi connectivity index (χ0n) is 13.0. The molecule has 0 fully saturated rings. The number of aromatic amines is 2. The number of para-hydroxylation sites is 2. The van der Waals surface area contributed by atoms with Crippen molar-refractivity contribution in [2.75, 3.05) is 12.9 Å². The van der Waals surface area contributed by atoms with Crippen LogP contribution in [0.2, 0.25) is 0 Å². The first kappa shape index (κ1) is 16.1. The average molecular weight is 345 g/mol. The molecule has 0 atom stereocenters. The first-order chi connectivity index (χ1) is 11.6. The monoisotopic (exact) mass is 345 g/mol. The van der Waals surface area contributed by atoms with Gasteiger partial charge in [0.25, 0.3) is 0 Å². The van der Waals surface area contributed by atoms with E-state index in [2.05, 4.69) is 25.1 Å². The van der Waals surface area contributed by atoms with E-state index in [9.17, 15) is 9.90 Å². The number of H-pyrrole nitrogens is 2. The van der Waals surface area contributed by atoms with E-state index in [1.165, 1.54) is 18.9 Å². The van der Waals surface area contributed by atoms with Gasteiger partial charge in [-0.2, -0.15) is 0 Å². The van der Waals surface area contributed by atoms with Gasteiger partial charge in [-0.05, 0) is 19.1 Å². The standard InChI is InChI=1S/C15H15N5O3S/c1-8-16-15(20-19-8)24-7-11(21)12(14(22)23-2)13-17-9-5-3-4-6-10(9)18-13/h3-6,21H,7H2,1-2H3,(H,17,18)(H,16,19,20)/b12-11+. The number of fused-ring (bicyclic) bond motifs is 1. The summed E-state index contributed by atoms with van der Waals surface area (Å²) in [4.78, 5) is 23.6. The Balaban J connectivity index is 1.93. The number of thioether (sulfide) groups is 1. The number of aliphatic hydroxyl groups is 1. The molecule has 24 heavy (non-hydrogen) atoms. The zero-order chi connectivity index (χ0) is 17.1. The molecule has 9 heteroatoms. The molecule has 8 nitrogen and oxygen atoms in total. The predicted octanol–water partition coefficient (Wildman–Crippen LogP) is 2.22. The van der Waals surface area contributed by atoms with Crippen molar-refractivity contribution in [2.45, 2.75) is 12.1 Å². The van der Waals surface area contributed by atoms with Crippen LogP contribution < -0.4 is 0 Å². The van der Waals surface area contributed by atoms with E-state index < -0.39 is 5.97 Å². The number of carbonyl (C=O) groups is 1. The van der Waals surface area contributed by atoms with E-state index in [-0.39, 0.29) is 22.9 Å². The zero-order valence-corrected chi connectivity index (χ0v) is 13.8. The van der Waals surface area contributed by atoms with Crippen LogP contribution in [0.1, 0.15) is 11.6 Å². The van der Waals surface area contributed by atoms with Gasteiger partial charge in [0.2, 0.25) is 5.16 Å². The number of hydrogen-bond donors (Lipinski definition) is 3. The summed E-state index contributed by atoms with van der Waals surface area (Å²) in [6.07, 6.45) is 0. The van der Waals surface area contributed by atoms with Crippen molar-refractivity contribution in [2.24, 2.45) is 0 Å². The van der Waals surface area contributed by atoms with Crippen LogP contribution in [-0.2, 0) is 9.53 Å². The summed E-state index contributed by atoms with van der Waals surface area (Å²) in [5.74, 6) is 0.212. The van der Waals surface area contributed by atoms with E-state index in [1.54, 1.807) is 6.92 Å². The highest BCUT2D eigenvalue weighted by molar-refractivity contribution is 7.99. The molecule has 3 aromatic rings. The largest absolute Gasteiger partial charge is 0.510 e. The first-order valence-corrected chi connectivity index (χ1v) is 8.04. The number of methoxy groups -OCH3 is 1. The minimum atomic E-state index is -0.668. The van der Waals surface area contributed by atoms with Crippen LogP contribution in [0.5, 0.6) is 0 Å². The van der Waals surface area contributed by atoms with Gasteiger partial charge < -0.3 is 14.8 Å². The summed E-state index contributed by atoms with van der Waals surface area (Å²) in [7, 11) is 1.25. The third-order valence-corrected chi connectivity index (χ3v) is 4.08. The molecule has 0 saturated heterocycles. The summed E-state index contributed by atoms with van der Waals surface area (Å²) >= 11 is 1.20. The summed E-state index contributed by atoms with van der Waals surface area (Å²) in [6.45, 7) is 1.78. The quantitative estimate of drug-likeness (QED) is 0.281. The Morgan fingerprint density at radius 2 is 2.12 bits per heavy atom. The van der Waals surface area contributed by atoms with Crippen LogP contribution in [0.3, 0.4) is 0 Å². The highest BCUT2D eigenvalue weighted by atomic mass is 32.2. The maximum atomic E-state index is 12.1. The van der Waals surface area contributed by atoms with E-state index in [4.69, 9.17) is 4.74 Å². The maximum absolute atomic E-state index is 12.1. The number of imidazole rings is 1. The molecule has 3 N–H and O–H groups in total. The molecule has 124 valence electrons. The number of ether oxygens (including phenoxy) is 1. The molecule has 3 rings (SSSR count). The third-order valence-electron chi connectivity index (χ3n) is 3.22. The van der Waals surface area contributed by atoms with Gasteiger partial charge in [-0.3, -0.25) is 5.10 Å². The fourth-order valence-corrected chi connectivity index (χ4v) is 2.84. The molecule has 1 aromatic carbocycles. The van der Waals surface area contributed by atoms with Crippen LogP contribution in [0.4, 0.5) is 0 Å². The lowest BCUT2D eigenvalue weighted by molar-refractivity contribution is -0.133. The average Bonchev–Trinajstić information content (AvgIpc) is 3.18. The van der Waals surface area contributed by atoms with Crippen LogP contribution in [-0.4, -0.2) is 49.1 Å². The normalized spacial score (nSPS) is 12.2. The van der Waals surface area contributed by atoms with E-state index in [1.807, 2.05) is 24.3 Å². The lowest BCUT2D eigenvalue weighted by atomic mass is 10.2. The lowest BCUT2D eigenvalue weighted by Gasteiger charge is -2.06. The highest BCUT2D eigenvalue weighted by Gasteiger charge is 2.22. The Morgan fingerprint density at radius 3 is 2.79 bits per heavy atom. The Kier molecular flexibility index (Phi) is 4.52. The second-order valence-corrected chi connectivity index (χ2v) is 5.85. The molecule has 2 heterocycles. The van der Waals surface area contributed by atoms with Crippen LogP contribution in [0, 0.1) is 6.92 Å². The first-order valence-electron chi connectivity index (χ1n) is 7.06. The molecular formula is C15H15N5O3S. The SMILES string of the molecule is COC(=O)/C(=C(/O)CSc1n[nH]c(C)n1)c1nc2ccccc2[nH]1. The number of esters is 1. The predicted molar refractivity (Wildman–Crippen MR) is 89.5 cm³/mol. The molecule has 0 radical (unpaired) electrons. The number of carbonyl (C=O) groups excluding carboxylic acids is 1. The van der Waals surface area contributed by atoms with Crippen molar-refractivity contribution in [3.63, 3.8) is 0 Å². The van der Waals surface area contributed by atoms with Crippen molar-refractivity contribution in [3.05, 3.63) is 41.7 Å². The smallest absolute Gasteiger partial charge is 0.345 e. The summed E-state index contributed by atoms with van der Waals surface area (Å²) in [6, 6.07) is 7.35. The number of aryl methyl sites for hydroxylation is 1.